The molecular weight excluding hydrogens is 658 g/mol. The minimum absolute atomic E-state index is 0.0332. The molecule has 0 saturated carbocycles. The van der Waals surface area contributed by atoms with Gasteiger partial charge in [-0.2, -0.15) is 0 Å². The van der Waals surface area contributed by atoms with E-state index in [1.54, 1.807) is 49.4 Å². The quantitative estimate of drug-likeness (QED) is 0.122. The van der Waals surface area contributed by atoms with Gasteiger partial charge in [0, 0.05) is 23.2 Å². The van der Waals surface area contributed by atoms with Crippen molar-refractivity contribution >= 4 is 46.0 Å². The van der Waals surface area contributed by atoms with E-state index in [9.17, 15) is 29.4 Å². The molecule has 4 aromatic carbocycles. The summed E-state index contributed by atoms with van der Waals surface area (Å²) in [6, 6.07) is 31.0. The summed E-state index contributed by atoms with van der Waals surface area (Å²) in [7, 11) is 4.20. The molecule has 5 rings (SSSR count). The highest BCUT2D eigenvalue weighted by Gasteiger charge is 2.41. The Kier molecular flexibility index (Phi) is 13.2. The van der Waals surface area contributed by atoms with Crippen molar-refractivity contribution in [3.05, 3.63) is 136 Å². The van der Waals surface area contributed by atoms with Gasteiger partial charge in [-0.1, -0.05) is 77.9 Å². The molecule has 0 bridgehead atoms. The average molecular weight is 698 g/mol. The molecule has 2 unspecified atom stereocenters. The normalized spacial score (nSPS) is 12.6. The number of hydrogen-bond acceptors (Lipinski definition) is 9. The zero-order valence-corrected chi connectivity index (χ0v) is 29.0. The molecule has 1 heterocycles. The number of ether oxygens (including phenoxy) is 3. The van der Waals surface area contributed by atoms with Gasteiger partial charge in [0.05, 0.1) is 11.1 Å². The largest absolute Gasteiger partial charge is 0.484 e. The highest BCUT2D eigenvalue weighted by molar-refractivity contribution is 7.10. The number of rotatable bonds is 13. The summed E-state index contributed by atoms with van der Waals surface area (Å²) in [6.07, 6.45) is -3.36. The number of carbonyl (C=O) groups is 4. The molecule has 0 fully saturated rings. The van der Waals surface area contributed by atoms with Gasteiger partial charge in [0.15, 0.2) is 0 Å². The van der Waals surface area contributed by atoms with Gasteiger partial charge in [-0.3, -0.25) is 0 Å². The van der Waals surface area contributed by atoms with Crippen LogP contribution in [0.3, 0.4) is 0 Å². The Bertz CT molecular complexity index is 1810. The monoisotopic (exact) mass is 697 g/mol. The summed E-state index contributed by atoms with van der Waals surface area (Å²) in [5.41, 5.74) is 1.79. The predicted octanol–water partition coefficient (Wildman–Crippen LogP) is 7.20. The standard InChI is InChI=1S/C20H18O8.C19H21NOS/c1-11-3-7-13(8-4-11)19(25)27-15(17(21)22)16(18(23)24)28-20(26)14-9-5-12(2)6-10-14;1-20(2)13-12-18(19-11-6-14-22-19)21-17-10-5-8-15-7-3-4-9-16(15)17/h3-10,15-16H,1-2H3,(H,21,22)(H,23,24);3-11,14,18H,12-13H2,1-2H3/t;18-/m.0/s1. The lowest BCUT2D eigenvalue weighted by Crippen LogP contribution is -2.45. The minimum Gasteiger partial charge on any atom is -0.484 e. The van der Waals surface area contributed by atoms with Gasteiger partial charge in [-0.15, -0.1) is 11.3 Å². The molecule has 11 heteroatoms. The van der Waals surface area contributed by atoms with E-state index in [0.717, 1.165) is 29.8 Å². The molecule has 1 aromatic heterocycles. The molecule has 3 atom stereocenters. The number of fused-ring (bicyclic) bond motifs is 1. The highest BCUT2D eigenvalue weighted by atomic mass is 32.1. The second kappa shape index (κ2) is 17.8. The highest BCUT2D eigenvalue weighted by Crippen LogP contribution is 2.32. The van der Waals surface area contributed by atoms with Gasteiger partial charge >= 0.3 is 23.9 Å². The molecule has 0 spiro atoms. The van der Waals surface area contributed by atoms with Crippen LogP contribution in [0, 0.1) is 13.8 Å². The van der Waals surface area contributed by atoms with Crippen LogP contribution in [-0.2, 0) is 19.1 Å². The maximum Gasteiger partial charge on any atom is 0.349 e. The number of aliphatic carboxylic acids is 2. The van der Waals surface area contributed by atoms with Crippen molar-refractivity contribution in [3.8, 4) is 5.75 Å². The van der Waals surface area contributed by atoms with Gasteiger partial charge in [0.1, 0.15) is 11.9 Å². The van der Waals surface area contributed by atoms with Crippen molar-refractivity contribution in [2.24, 2.45) is 0 Å². The van der Waals surface area contributed by atoms with Crippen LogP contribution in [0.4, 0.5) is 0 Å². The van der Waals surface area contributed by atoms with Crippen LogP contribution in [0.25, 0.3) is 10.8 Å². The average Bonchev–Trinajstić information content (AvgIpc) is 3.64. The number of carboxylic acid groups (broad SMARTS) is 2. The number of esters is 2. The summed E-state index contributed by atoms with van der Waals surface area (Å²) in [6.45, 7) is 4.59. The fourth-order valence-corrected chi connectivity index (χ4v) is 5.58. The Balaban J connectivity index is 0.000000231. The van der Waals surface area contributed by atoms with Crippen molar-refractivity contribution in [1.29, 1.82) is 0 Å². The Labute approximate surface area is 294 Å². The molecule has 260 valence electrons. The third kappa shape index (κ3) is 10.5. The zero-order valence-electron chi connectivity index (χ0n) is 28.1. The van der Waals surface area contributed by atoms with Crippen molar-refractivity contribution in [1.82, 2.24) is 4.90 Å². The number of thiophene rings is 1. The van der Waals surface area contributed by atoms with E-state index in [0.29, 0.717) is 0 Å². The second-order valence-electron chi connectivity index (χ2n) is 11.8. The Hall–Kier alpha value is -5.52. The number of nitrogens with zero attached hydrogens (tertiary/aromatic N) is 1. The molecule has 0 saturated heterocycles. The molecule has 2 N–H and O–H groups in total. The number of carbonyl (C=O) groups excluding carboxylic acids is 2. The van der Waals surface area contributed by atoms with Crippen molar-refractivity contribution in [2.45, 2.75) is 38.6 Å². The minimum atomic E-state index is -2.22. The summed E-state index contributed by atoms with van der Waals surface area (Å²) >= 11 is 1.76. The molecule has 0 radical (unpaired) electrons. The van der Waals surface area contributed by atoms with Crippen molar-refractivity contribution in [2.75, 3.05) is 20.6 Å². The second-order valence-corrected chi connectivity index (χ2v) is 12.7. The lowest BCUT2D eigenvalue weighted by Gasteiger charge is -2.21. The number of carboxylic acids is 2. The van der Waals surface area contributed by atoms with Gasteiger partial charge in [0.25, 0.3) is 0 Å². The fourth-order valence-electron chi connectivity index (χ4n) is 4.79. The van der Waals surface area contributed by atoms with E-state index < -0.39 is 36.1 Å². The number of benzene rings is 4. The molecule has 0 aliphatic carbocycles. The molecule has 0 amide bonds. The van der Waals surface area contributed by atoms with Crippen LogP contribution >= 0.6 is 11.3 Å². The summed E-state index contributed by atoms with van der Waals surface area (Å²) < 4.78 is 16.0. The van der Waals surface area contributed by atoms with Crippen molar-refractivity contribution < 1.29 is 43.6 Å². The van der Waals surface area contributed by atoms with E-state index in [2.05, 4.69) is 79.0 Å². The lowest BCUT2D eigenvalue weighted by atomic mass is 10.1. The molecule has 10 nitrogen and oxygen atoms in total. The first kappa shape index (κ1) is 37.3. The van der Waals surface area contributed by atoms with E-state index in [1.807, 2.05) is 0 Å². The first-order chi connectivity index (χ1) is 23.9. The fraction of sp³-hybridized carbons (Fsp3) is 0.231. The molecule has 5 aromatic rings. The van der Waals surface area contributed by atoms with Gasteiger partial charge < -0.3 is 29.3 Å². The summed E-state index contributed by atoms with van der Waals surface area (Å²) in [5.74, 6) is -4.65. The molecule has 50 heavy (non-hydrogen) atoms. The first-order valence-corrected chi connectivity index (χ1v) is 16.6. The van der Waals surface area contributed by atoms with Gasteiger partial charge in [0.2, 0.25) is 12.2 Å². The van der Waals surface area contributed by atoms with Crippen LogP contribution in [0.2, 0.25) is 0 Å². The Morgan fingerprint density at radius 1 is 0.680 bits per heavy atom. The van der Waals surface area contributed by atoms with Gasteiger partial charge in [-0.05, 0) is 75.1 Å². The van der Waals surface area contributed by atoms with Gasteiger partial charge in [-0.25, -0.2) is 19.2 Å². The van der Waals surface area contributed by atoms with E-state index in [4.69, 9.17) is 14.2 Å². The summed E-state index contributed by atoms with van der Waals surface area (Å²) in [5, 5.41) is 23.2. The number of hydrogen-bond donors (Lipinski definition) is 2. The third-order valence-electron chi connectivity index (χ3n) is 7.52. The Morgan fingerprint density at radius 2 is 1.20 bits per heavy atom. The maximum absolute atomic E-state index is 12.2. The van der Waals surface area contributed by atoms with Crippen LogP contribution in [0.1, 0.15) is 49.2 Å². The number of aryl methyl sites for hydroxylation is 2. The topological polar surface area (TPSA) is 140 Å². The Morgan fingerprint density at radius 3 is 1.68 bits per heavy atom. The molecular formula is C39H39NO9S. The molecule has 0 aliphatic heterocycles. The smallest absolute Gasteiger partial charge is 0.349 e. The van der Waals surface area contributed by atoms with E-state index in [-0.39, 0.29) is 17.2 Å². The van der Waals surface area contributed by atoms with Crippen LogP contribution in [-0.4, -0.2) is 71.8 Å². The van der Waals surface area contributed by atoms with Crippen LogP contribution in [0.5, 0.6) is 5.75 Å². The molecule has 0 aliphatic rings. The van der Waals surface area contributed by atoms with Crippen molar-refractivity contribution in [3.63, 3.8) is 0 Å². The van der Waals surface area contributed by atoms with Crippen LogP contribution < -0.4 is 4.74 Å². The summed E-state index contributed by atoms with van der Waals surface area (Å²) in [4.78, 5) is 50.8. The first-order valence-electron chi connectivity index (χ1n) is 15.8. The van der Waals surface area contributed by atoms with E-state index >= 15 is 0 Å². The third-order valence-corrected chi connectivity index (χ3v) is 8.49. The lowest BCUT2D eigenvalue weighted by molar-refractivity contribution is -0.166. The van der Waals surface area contributed by atoms with E-state index in [1.165, 1.54) is 39.9 Å². The predicted molar refractivity (Wildman–Crippen MR) is 191 cm³/mol. The SMILES string of the molecule is CN(C)CC[C@H](Oc1cccc2ccccc12)c1cccs1.Cc1ccc(C(=O)OC(C(=O)O)C(OC(=O)c2ccc(C)cc2)C(=O)O)cc1. The maximum atomic E-state index is 12.2. The van der Waals surface area contributed by atoms with Crippen LogP contribution in [0.15, 0.2) is 109 Å². The zero-order chi connectivity index (χ0) is 36.2.